The van der Waals surface area contributed by atoms with E-state index in [0.29, 0.717) is 28.1 Å². The molecule has 148 valence electrons. The Morgan fingerprint density at radius 1 is 1.20 bits per heavy atom. The zero-order valence-corrected chi connectivity index (χ0v) is 15.2. The summed E-state index contributed by atoms with van der Waals surface area (Å²) < 4.78 is 1.48. The lowest BCUT2D eigenvalue weighted by Crippen LogP contribution is -2.00. The SMILES string of the molecule is O=C(O)c1ccc(/C=N/Nc2ncnc3c2cnn3-c2cccc([N+](=O)[O-])c2)cc1. The van der Waals surface area contributed by atoms with Gasteiger partial charge in [0.05, 0.1) is 34.0 Å². The Balaban J connectivity index is 1.60. The van der Waals surface area contributed by atoms with Crippen LogP contribution in [-0.4, -0.2) is 42.0 Å². The van der Waals surface area contributed by atoms with Crippen molar-refractivity contribution in [2.24, 2.45) is 5.10 Å². The van der Waals surface area contributed by atoms with Crippen LogP contribution < -0.4 is 5.43 Å². The maximum atomic E-state index is 11.0. The predicted molar refractivity (Wildman–Crippen MR) is 108 cm³/mol. The van der Waals surface area contributed by atoms with E-state index in [1.165, 1.54) is 47.7 Å². The number of aromatic nitrogens is 4. The van der Waals surface area contributed by atoms with Gasteiger partial charge in [-0.2, -0.15) is 10.2 Å². The molecule has 2 heterocycles. The van der Waals surface area contributed by atoms with E-state index in [1.54, 1.807) is 24.3 Å². The molecule has 2 aromatic heterocycles. The van der Waals surface area contributed by atoms with E-state index in [0.717, 1.165) is 0 Å². The van der Waals surface area contributed by atoms with Crippen molar-refractivity contribution < 1.29 is 14.8 Å². The summed E-state index contributed by atoms with van der Waals surface area (Å²) in [5.74, 6) is -0.601. The van der Waals surface area contributed by atoms with Gasteiger partial charge in [-0.05, 0) is 23.8 Å². The van der Waals surface area contributed by atoms with Crippen LogP contribution in [0.25, 0.3) is 16.7 Å². The minimum atomic E-state index is -0.999. The van der Waals surface area contributed by atoms with Gasteiger partial charge in [-0.25, -0.2) is 19.4 Å². The summed E-state index contributed by atoms with van der Waals surface area (Å²) in [5.41, 5.74) is 4.58. The molecule has 4 aromatic rings. The van der Waals surface area contributed by atoms with Crippen molar-refractivity contribution in [3.05, 3.63) is 82.3 Å². The lowest BCUT2D eigenvalue weighted by molar-refractivity contribution is -0.384. The number of hydrogen-bond donors (Lipinski definition) is 2. The number of nitro groups is 1. The van der Waals surface area contributed by atoms with Gasteiger partial charge in [-0.15, -0.1) is 0 Å². The average Bonchev–Trinajstić information content (AvgIpc) is 3.19. The summed E-state index contributed by atoms with van der Waals surface area (Å²) in [6.45, 7) is 0. The van der Waals surface area contributed by atoms with E-state index >= 15 is 0 Å². The Morgan fingerprint density at radius 3 is 2.73 bits per heavy atom. The number of carboxylic acids is 1. The third-order valence-corrected chi connectivity index (χ3v) is 4.19. The van der Waals surface area contributed by atoms with Crippen LogP contribution in [0.5, 0.6) is 0 Å². The second kappa shape index (κ2) is 7.75. The molecule has 0 amide bonds. The lowest BCUT2D eigenvalue weighted by Gasteiger charge is -2.04. The first-order valence-corrected chi connectivity index (χ1v) is 8.59. The number of carboxylic acid groups (broad SMARTS) is 1. The van der Waals surface area contributed by atoms with Crippen LogP contribution in [0.1, 0.15) is 15.9 Å². The van der Waals surface area contributed by atoms with Crippen molar-refractivity contribution in [3.63, 3.8) is 0 Å². The summed E-state index contributed by atoms with van der Waals surface area (Å²) in [6.07, 6.45) is 4.38. The molecule has 2 aromatic carbocycles. The minimum Gasteiger partial charge on any atom is -0.478 e. The van der Waals surface area contributed by atoms with Gasteiger partial charge in [-0.3, -0.25) is 15.5 Å². The second-order valence-corrected chi connectivity index (χ2v) is 6.09. The minimum absolute atomic E-state index is 0.0536. The van der Waals surface area contributed by atoms with E-state index in [-0.39, 0.29) is 11.3 Å². The summed E-state index contributed by atoms with van der Waals surface area (Å²) in [7, 11) is 0. The summed E-state index contributed by atoms with van der Waals surface area (Å²) in [6, 6.07) is 12.3. The van der Waals surface area contributed by atoms with E-state index in [2.05, 4.69) is 25.6 Å². The molecule has 0 fully saturated rings. The highest BCUT2D eigenvalue weighted by molar-refractivity contribution is 5.90. The quantitative estimate of drug-likeness (QED) is 0.284. The molecule has 0 spiro atoms. The molecule has 0 aliphatic heterocycles. The Hall–Kier alpha value is -4.67. The highest BCUT2D eigenvalue weighted by Crippen LogP contribution is 2.23. The molecule has 0 atom stereocenters. The standard InChI is InChI=1S/C19H13N7O4/c27-19(28)13-6-4-12(5-7-13)9-22-24-17-16-10-23-25(18(16)21-11-20-17)14-2-1-3-15(8-14)26(29)30/h1-11H,(H,27,28)(H,20,21,24)/b22-9+. The molecule has 4 rings (SSSR count). The van der Waals surface area contributed by atoms with Gasteiger partial charge in [0.2, 0.25) is 0 Å². The molecule has 11 nitrogen and oxygen atoms in total. The molecule has 2 N–H and O–H groups in total. The Kier molecular flexibility index (Phi) is 4.83. The molecule has 30 heavy (non-hydrogen) atoms. The summed E-state index contributed by atoms with van der Waals surface area (Å²) >= 11 is 0. The number of rotatable bonds is 6. The fourth-order valence-electron chi connectivity index (χ4n) is 2.74. The molecule has 0 unspecified atom stereocenters. The molecular formula is C19H13N7O4. The number of carbonyl (C=O) groups is 1. The first-order chi connectivity index (χ1) is 14.5. The summed E-state index contributed by atoms with van der Waals surface area (Å²) in [5, 5.41) is 28.9. The third-order valence-electron chi connectivity index (χ3n) is 4.19. The van der Waals surface area contributed by atoms with Crippen LogP contribution in [0.3, 0.4) is 0 Å². The number of hydrogen-bond acceptors (Lipinski definition) is 8. The Labute approximate surface area is 168 Å². The fourth-order valence-corrected chi connectivity index (χ4v) is 2.74. The molecular weight excluding hydrogens is 390 g/mol. The van der Waals surface area contributed by atoms with Gasteiger partial charge in [0.1, 0.15) is 6.33 Å². The molecule has 0 aliphatic carbocycles. The molecule has 0 aliphatic rings. The van der Waals surface area contributed by atoms with Crippen LogP contribution in [0, 0.1) is 10.1 Å². The van der Waals surface area contributed by atoms with E-state index < -0.39 is 10.9 Å². The fraction of sp³-hybridized carbons (Fsp3) is 0. The van der Waals surface area contributed by atoms with Crippen molar-refractivity contribution in [2.45, 2.75) is 0 Å². The predicted octanol–water partition coefficient (Wildman–Crippen LogP) is 2.87. The van der Waals surface area contributed by atoms with Gasteiger partial charge >= 0.3 is 5.97 Å². The van der Waals surface area contributed by atoms with Crippen LogP contribution in [-0.2, 0) is 0 Å². The Bertz CT molecular complexity index is 1280. The van der Waals surface area contributed by atoms with Crippen LogP contribution in [0.2, 0.25) is 0 Å². The number of aromatic carboxylic acids is 1. The number of benzene rings is 2. The van der Waals surface area contributed by atoms with Gasteiger partial charge in [0.25, 0.3) is 5.69 Å². The third kappa shape index (κ3) is 3.67. The van der Waals surface area contributed by atoms with Crippen LogP contribution in [0.15, 0.2) is 66.2 Å². The summed E-state index contributed by atoms with van der Waals surface area (Å²) in [4.78, 5) is 29.8. The number of anilines is 1. The van der Waals surface area contributed by atoms with Crippen molar-refractivity contribution >= 4 is 34.7 Å². The molecule has 0 radical (unpaired) electrons. The highest BCUT2D eigenvalue weighted by Gasteiger charge is 2.13. The number of nitrogens with zero attached hydrogens (tertiary/aromatic N) is 6. The molecule has 0 bridgehead atoms. The lowest BCUT2D eigenvalue weighted by atomic mass is 10.1. The number of nitrogens with one attached hydrogen (secondary N) is 1. The van der Waals surface area contributed by atoms with Crippen LogP contribution >= 0.6 is 0 Å². The molecule has 11 heteroatoms. The number of hydrazone groups is 1. The monoisotopic (exact) mass is 403 g/mol. The maximum Gasteiger partial charge on any atom is 0.335 e. The first kappa shape index (κ1) is 18.7. The molecule has 0 saturated heterocycles. The van der Waals surface area contributed by atoms with Crippen molar-refractivity contribution in [1.29, 1.82) is 0 Å². The first-order valence-electron chi connectivity index (χ1n) is 8.59. The van der Waals surface area contributed by atoms with E-state index in [9.17, 15) is 14.9 Å². The number of non-ortho nitro benzene ring substituents is 1. The normalized spacial score (nSPS) is 11.1. The van der Waals surface area contributed by atoms with E-state index in [4.69, 9.17) is 5.11 Å². The van der Waals surface area contributed by atoms with Gasteiger partial charge < -0.3 is 5.11 Å². The molecule has 0 saturated carbocycles. The van der Waals surface area contributed by atoms with Crippen molar-refractivity contribution in [2.75, 3.05) is 5.43 Å². The van der Waals surface area contributed by atoms with Crippen molar-refractivity contribution in [1.82, 2.24) is 19.7 Å². The topological polar surface area (TPSA) is 148 Å². The highest BCUT2D eigenvalue weighted by atomic mass is 16.6. The van der Waals surface area contributed by atoms with Crippen LogP contribution in [0.4, 0.5) is 11.5 Å². The zero-order chi connectivity index (χ0) is 21.1. The smallest absolute Gasteiger partial charge is 0.335 e. The van der Waals surface area contributed by atoms with Gasteiger partial charge in [-0.1, -0.05) is 18.2 Å². The van der Waals surface area contributed by atoms with Crippen molar-refractivity contribution in [3.8, 4) is 5.69 Å². The number of nitro benzene ring substituents is 1. The Morgan fingerprint density at radius 2 is 2.00 bits per heavy atom. The zero-order valence-electron chi connectivity index (χ0n) is 15.2. The van der Waals surface area contributed by atoms with Gasteiger partial charge in [0, 0.05) is 12.1 Å². The largest absolute Gasteiger partial charge is 0.478 e. The second-order valence-electron chi connectivity index (χ2n) is 6.09. The maximum absolute atomic E-state index is 11.0. The number of fused-ring (bicyclic) bond motifs is 1. The average molecular weight is 403 g/mol. The van der Waals surface area contributed by atoms with E-state index in [1.807, 2.05) is 0 Å². The van der Waals surface area contributed by atoms with Gasteiger partial charge in [0.15, 0.2) is 11.5 Å².